The number of nitrogens with two attached hydrogens (primary N) is 1. The van der Waals surface area contributed by atoms with E-state index in [0.29, 0.717) is 29.8 Å². The molecule has 0 saturated heterocycles. The minimum absolute atomic E-state index is 0.439. The second-order valence-electron chi connectivity index (χ2n) is 4.81. The quantitative estimate of drug-likeness (QED) is 0.742. The third kappa shape index (κ3) is 2.83. The molecule has 0 unspecified atom stereocenters. The molecule has 0 heterocycles. The fourth-order valence-electron chi connectivity index (χ4n) is 2.72. The van der Waals surface area contributed by atoms with Crippen LogP contribution in [0.15, 0.2) is 18.2 Å². The molecular formula is C15H23NO3. The highest BCUT2D eigenvalue weighted by Gasteiger charge is 2.40. The highest BCUT2D eigenvalue weighted by Crippen LogP contribution is 2.41. The zero-order chi connectivity index (χ0) is 14.5. The normalized spacial score (nSPS) is 11.3. The number of carboxylic acid groups (broad SMARTS) is 1. The molecule has 0 aliphatic rings. The number of hydrogen-bond acceptors (Lipinski definition) is 3. The Labute approximate surface area is 114 Å². The second kappa shape index (κ2) is 6.45. The molecule has 0 spiro atoms. The maximum atomic E-state index is 11.9. The van der Waals surface area contributed by atoms with Gasteiger partial charge in [-0.3, -0.25) is 4.79 Å². The van der Waals surface area contributed by atoms with E-state index in [9.17, 15) is 9.90 Å². The summed E-state index contributed by atoms with van der Waals surface area (Å²) in [5.74, 6) is -0.272. The number of methoxy groups -OCH3 is 1. The van der Waals surface area contributed by atoms with Gasteiger partial charge in [0.15, 0.2) is 0 Å². The average Bonchev–Trinajstić information content (AvgIpc) is 2.38. The maximum Gasteiger partial charge on any atom is 0.314 e. The van der Waals surface area contributed by atoms with Gasteiger partial charge in [-0.15, -0.1) is 0 Å². The van der Waals surface area contributed by atoms with Crippen molar-refractivity contribution >= 4 is 11.7 Å². The van der Waals surface area contributed by atoms with Crippen molar-refractivity contribution in [1.29, 1.82) is 0 Å². The second-order valence-corrected chi connectivity index (χ2v) is 4.81. The SMILES string of the molecule is CCCC(CCC)(C(=O)O)c1cccc(OC)c1N. The number of rotatable bonds is 7. The molecule has 0 aromatic heterocycles. The first-order valence-electron chi connectivity index (χ1n) is 6.69. The molecule has 4 heteroatoms. The van der Waals surface area contributed by atoms with E-state index in [1.807, 2.05) is 13.8 Å². The lowest BCUT2D eigenvalue weighted by Crippen LogP contribution is -2.36. The van der Waals surface area contributed by atoms with Gasteiger partial charge in [-0.1, -0.05) is 38.8 Å². The number of anilines is 1. The molecule has 4 nitrogen and oxygen atoms in total. The fourth-order valence-corrected chi connectivity index (χ4v) is 2.72. The summed E-state index contributed by atoms with van der Waals surface area (Å²) in [6.07, 6.45) is 2.74. The molecule has 0 fully saturated rings. The number of nitrogen functional groups attached to an aromatic ring is 1. The molecule has 0 aliphatic heterocycles. The monoisotopic (exact) mass is 265 g/mol. The predicted molar refractivity (Wildman–Crippen MR) is 76.5 cm³/mol. The summed E-state index contributed by atoms with van der Waals surface area (Å²) < 4.78 is 5.20. The van der Waals surface area contributed by atoms with E-state index in [2.05, 4.69) is 0 Å². The van der Waals surface area contributed by atoms with E-state index < -0.39 is 11.4 Å². The summed E-state index contributed by atoms with van der Waals surface area (Å²) in [6, 6.07) is 5.36. The van der Waals surface area contributed by atoms with Crippen LogP contribution < -0.4 is 10.5 Å². The van der Waals surface area contributed by atoms with Crippen LogP contribution in [-0.4, -0.2) is 18.2 Å². The molecular weight excluding hydrogens is 242 g/mol. The predicted octanol–water partition coefficient (Wildman–Crippen LogP) is 3.20. The van der Waals surface area contributed by atoms with Crippen molar-refractivity contribution in [3.8, 4) is 5.75 Å². The number of aliphatic carboxylic acids is 1. The summed E-state index contributed by atoms with van der Waals surface area (Å²) in [4.78, 5) is 11.9. The zero-order valence-electron chi connectivity index (χ0n) is 11.9. The lowest BCUT2D eigenvalue weighted by molar-refractivity contribution is -0.144. The molecule has 0 bridgehead atoms. The standard InChI is InChI=1S/C15H23NO3/c1-4-9-15(10-5-2,14(17)18)11-7-6-8-12(19-3)13(11)16/h6-8H,4-5,9-10,16H2,1-3H3,(H,17,18). The van der Waals surface area contributed by atoms with E-state index in [0.717, 1.165) is 12.8 Å². The van der Waals surface area contributed by atoms with Crippen molar-refractivity contribution in [2.45, 2.75) is 44.9 Å². The summed E-state index contributed by atoms with van der Waals surface area (Å²) >= 11 is 0. The van der Waals surface area contributed by atoms with Crippen molar-refractivity contribution in [3.63, 3.8) is 0 Å². The summed E-state index contributed by atoms with van der Waals surface area (Å²) in [5.41, 5.74) is 6.28. The third-order valence-electron chi connectivity index (χ3n) is 3.56. The minimum atomic E-state index is -0.915. The molecule has 3 N–H and O–H groups in total. The van der Waals surface area contributed by atoms with Gasteiger partial charge >= 0.3 is 5.97 Å². The van der Waals surface area contributed by atoms with Crippen LogP contribution in [0.25, 0.3) is 0 Å². The molecule has 0 saturated carbocycles. The Kier molecular flexibility index (Phi) is 5.21. The van der Waals surface area contributed by atoms with Crippen molar-refractivity contribution in [2.24, 2.45) is 0 Å². The van der Waals surface area contributed by atoms with E-state index in [1.54, 1.807) is 18.2 Å². The Morgan fingerprint density at radius 1 is 1.32 bits per heavy atom. The van der Waals surface area contributed by atoms with Gasteiger partial charge in [0.2, 0.25) is 0 Å². The molecule has 1 aromatic carbocycles. The molecule has 0 amide bonds. The lowest BCUT2D eigenvalue weighted by Gasteiger charge is -2.31. The van der Waals surface area contributed by atoms with E-state index in [1.165, 1.54) is 7.11 Å². The number of carbonyl (C=O) groups is 1. The number of benzene rings is 1. The first-order valence-corrected chi connectivity index (χ1v) is 6.69. The molecule has 0 radical (unpaired) electrons. The first kappa shape index (κ1) is 15.3. The van der Waals surface area contributed by atoms with Crippen LogP contribution in [0.2, 0.25) is 0 Å². The van der Waals surface area contributed by atoms with Crippen LogP contribution in [0, 0.1) is 0 Å². The van der Waals surface area contributed by atoms with Crippen LogP contribution in [0.3, 0.4) is 0 Å². The molecule has 1 aromatic rings. The fraction of sp³-hybridized carbons (Fsp3) is 0.533. The average molecular weight is 265 g/mol. The molecule has 0 atom stereocenters. The molecule has 0 aliphatic carbocycles. The summed E-state index contributed by atoms with van der Waals surface area (Å²) in [5, 5.41) is 9.73. The minimum Gasteiger partial charge on any atom is -0.495 e. The van der Waals surface area contributed by atoms with Crippen LogP contribution in [0.5, 0.6) is 5.75 Å². The van der Waals surface area contributed by atoms with E-state index in [-0.39, 0.29) is 0 Å². The zero-order valence-corrected chi connectivity index (χ0v) is 11.9. The van der Waals surface area contributed by atoms with Crippen LogP contribution in [0.1, 0.15) is 45.1 Å². The van der Waals surface area contributed by atoms with Gasteiger partial charge in [0.25, 0.3) is 0 Å². The van der Waals surface area contributed by atoms with Gasteiger partial charge in [0.1, 0.15) is 5.75 Å². The number of ether oxygens (including phenoxy) is 1. The van der Waals surface area contributed by atoms with Gasteiger partial charge < -0.3 is 15.6 Å². The number of hydrogen-bond donors (Lipinski definition) is 2. The summed E-state index contributed by atoms with van der Waals surface area (Å²) in [6.45, 7) is 3.98. The van der Waals surface area contributed by atoms with Gasteiger partial charge in [-0.2, -0.15) is 0 Å². The molecule has 19 heavy (non-hydrogen) atoms. The lowest BCUT2D eigenvalue weighted by atomic mass is 9.72. The van der Waals surface area contributed by atoms with Crippen LogP contribution in [0.4, 0.5) is 5.69 Å². The van der Waals surface area contributed by atoms with Gasteiger partial charge in [-0.05, 0) is 24.5 Å². The van der Waals surface area contributed by atoms with E-state index >= 15 is 0 Å². The Hall–Kier alpha value is -1.71. The highest BCUT2D eigenvalue weighted by molar-refractivity contribution is 5.84. The van der Waals surface area contributed by atoms with E-state index in [4.69, 9.17) is 10.5 Å². The van der Waals surface area contributed by atoms with Crippen molar-refractivity contribution in [3.05, 3.63) is 23.8 Å². The van der Waals surface area contributed by atoms with Crippen LogP contribution in [-0.2, 0) is 10.2 Å². The van der Waals surface area contributed by atoms with Crippen molar-refractivity contribution < 1.29 is 14.6 Å². The summed E-state index contributed by atoms with van der Waals surface area (Å²) in [7, 11) is 1.54. The Balaban J connectivity index is 3.43. The topological polar surface area (TPSA) is 72.5 Å². The largest absolute Gasteiger partial charge is 0.495 e. The number of carboxylic acids is 1. The smallest absolute Gasteiger partial charge is 0.314 e. The molecule has 106 valence electrons. The third-order valence-corrected chi connectivity index (χ3v) is 3.56. The number of para-hydroxylation sites is 1. The Morgan fingerprint density at radius 2 is 1.89 bits per heavy atom. The Bertz CT molecular complexity index is 437. The van der Waals surface area contributed by atoms with Crippen molar-refractivity contribution in [2.75, 3.05) is 12.8 Å². The van der Waals surface area contributed by atoms with Gasteiger partial charge in [0, 0.05) is 0 Å². The maximum absolute atomic E-state index is 11.9. The van der Waals surface area contributed by atoms with Gasteiger partial charge in [0.05, 0.1) is 18.2 Å². The molecule has 1 rings (SSSR count). The van der Waals surface area contributed by atoms with Crippen LogP contribution >= 0.6 is 0 Å². The highest BCUT2D eigenvalue weighted by atomic mass is 16.5. The first-order chi connectivity index (χ1) is 9.03. The van der Waals surface area contributed by atoms with Crippen molar-refractivity contribution in [1.82, 2.24) is 0 Å². The van der Waals surface area contributed by atoms with Gasteiger partial charge in [-0.25, -0.2) is 0 Å². The Morgan fingerprint density at radius 3 is 2.32 bits per heavy atom.